The first-order valence-corrected chi connectivity index (χ1v) is 6.45. The Balaban J connectivity index is 2.86. The van der Waals surface area contributed by atoms with Crippen LogP contribution in [0.25, 0.3) is 0 Å². The summed E-state index contributed by atoms with van der Waals surface area (Å²) < 4.78 is 0. The van der Waals surface area contributed by atoms with E-state index in [1.54, 1.807) is 0 Å². The minimum absolute atomic E-state index is 0.211. The average molecular weight is 251 g/mol. The predicted octanol–water partition coefficient (Wildman–Crippen LogP) is 1.64. The van der Waals surface area contributed by atoms with Crippen molar-refractivity contribution >= 4 is 11.6 Å². The molecular weight excluding hydrogens is 226 g/mol. The lowest BCUT2D eigenvalue weighted by molar-refractivity contribution is 0.633. The molecule has 0 saturated heterocycles. The number of aryl methyl sites for hydroxylation is 1. The van der Waals surface area contributed by atoms with Crippen molar-refractivity contribution in [3.63, 3.8) is 0 Å². The number of anilines is 2. The molecule has 1 aromatic heterocycles. The molecule has 18 heavy (non-hydrogen) atoms. The van der Waals surface area contributed by atoms with Crippen molar-refractivity contribution < 1.29 is 0 Å². The summed E-state index contributed by atoms with van der Waals surface area (Å²) in [6.45, 7) is 9.89. The van der Waals surface area contributed by atoms with E-state index < -0.39 is 0 Å². The van der Waals surface area contributed by atoms with Crippen LogP contribution < -0.4 is 16.0 Å². The van der Waals surface area contributed by atoms with Crippen LogP contribution in [0.4, 0.5) is 11.6 Å². The lowest BCUT2D eigenvalue weighted by atomic mass is 10.2. The van der Waals surface area contributed by atoms with E-state index in [4.69, 9.17) is 5.73 Å². The Bertz CT molecular complexity index is 378. The Hall–Kier alpha value is -1.36. The molecule has 102 valence electrons. The molecule has 0 spiro atoms. The van der Waals surface area contributed by atoms with Crippen LogP contribution in [0.5, 0.6) is 0 Å². The Morgan fingerprint density at radius 3 is 2.56 bits per heavy atom. The molecule has 1 unspecified atom stereocenters. The summed E-state index contributed by atoms with van der Waals surface area (Å²) in [6, 6.07) is 2.18. The maximum Gasteiger partial charge on any atom is 0.134 e. The first-order chi connectivity index (χ1) is 8.42. The summed E-state index contributed by atoms with van der Waals surface area (Å²) in [5.74, 6) is 3.16. The third kappa shape index (κ3) is 4.49. The molecule has 0 aliphatic rings. The van der Waals surface area contributed by atoms with E-state index >= 15 is 0 Å². The molecule has 1 aromatic rings. The molecule has 0 aromatic carbocycles. The number of nitrogens with zero attached hydrogens (tertiary/aromatic N) is 3. The van der Waals surface area contributed by atoms with Gasteiger partial charge in [-0.05, 0) is 19.8 Å². The van der Waals surface area contributed by atoms with Crippen molar-refractivity contribution in [3.05, 3.63) is 11.9 Å². The van der Waals surface area contributed by atoms with Crippen molar-refractivity contribution in [2.24, 2.45) is 11.7 Å². The highest BCUT2D eigenvalue weighted by Crippen LogP contribution is 2.16. The molecular formula is C13H25N5. The van der Waals surface area contributed by atoms with Gasteiger partial charge in [0.05, 0.1) is 0 Å². The molecule has 0 fully saturated rings. The van der Waals surface area contributed by atoms with Gasteiger partial charge in [-0.3, -0.25) is 0 Å². The zero-order chi connectivity index (χ0) is 13.7. The van der Waals surface area contributed by atoms with Crippen molar-refractivity contribution in [1.29, 1.82) is 0 Å². The highest BCUT2D eigenvalue weighted by molar-refractivity contribution is 5.49. The molecule has 0 radical (unpaired) electrons. The standard InChI is InChI=1S/C13H25N5/c1-9(2)8-18(5)13-6-12(15-10(3)7-14)16-11(4)17-13/h6,9-10H,7-8,14H2,1-5H3,(H,15,16,17). The fraction of sp³-hybridized carbons (Fsp3) is 0.692. The maximum absolute atomic E-state index is 5.61. The molecule has 1 rings (SSSR count). The Kier molecular flexibility index (Phi) is 5.34. The smallest absolute Gasteiger partial charge is 0.134 e. The lowest BCUT2D eigenvalue weighted by Crippen LogP contribution is -2.27. The monoisotopic (exact) mass is 251 g/mol. The SMILES string of the molecule is Cc1nc(NC(C)CN)cc(N(C)CC(C)C)n1. The van der Waals surface area contributed by atoms with Gasteiger partial charge in [-0.15, -0.1) is 0 Å². The minimum Gasteiger partial charge on any atom is -0.366 e. The molecule has 0 saturated carbocycles. The molecule has 1 heterocycles. The summed E-state index contributed by atoms with van der Waals surface area (Å²) >= 11 is 0. The Morgan fingerprint density at radius 2 is 2.00 bits per heavy atom. The van der Waals surface area contributed by atoms with Crippen molar-refractivity contribution in [1.82, 2.24) is 9.97 Å². The normalized spacial score (nSPS) is 12.6. The van der Waals surface area contributed by atoms with E-state index in [1.165, 1.54) is 0 Å². The molecule has 0 bridgehead atoms. The second-order valence-corrected chi connectivity index (χ2v) is 5.21. The van der Waals surface area contributed by atoms with Crippen LogP contribution in [0.1, 0.15) is 26.6 Å². The summed E-state index contributed by atoms with van der Waals surface area (Å²) in [5.41, 5.74) is 5.61. The second kappa shape index (κ2) is 6.54. The number of hydrogen-bond donors (Lipinski definition) is 2. The van der Waals surface area contributed by atoms with Crippen molar-refractivity contribution in [3.8, 4) is 0 Å². The van der Waals surface area contributed by atoms with Gasteiger partial charge in [0.1, 0.15) is 17.5 Å². The summed E-state index contributed by atoms with van der Waals surface area (Å²) in [6.07, 6.45) is 0. The number of rotatable bonds is 6. The van der Waals surface area contributed by atoms with E-state index in [9.17, 15) is 0 Å². The van der Waals surface area contributed by atoms with Crippen LogP contribution >= 0.6 is 0 Å². The highest BCUT2D eigenvalue weighted by atomic mass is 15.2. The Morgan fingerprint density at radius 1 is 1.33 bits per heavy atom. The average Bonchev–Trinajstić information content (AvgIpc) is 2.27. The number of nitrogens with one attached hydrogen (secondary N) is 1. The summed E-state index contributed by atoms with van der Waals surface area (Å²) in [4.78, 5) is 11.0. The lowest BCUT2D eigenvalue weighted by Gasteiger charge is -2.22. The van der Waals surface area contributed by atoms with Gasteiger partial charge in [-0.2, -0.15) is 0 Å². The van der Waals surface area contributed by atoms with Crippen LogP contribution in [0.3, 0.4) is 0 Å². The van der Waals surface area contributed by atoms with Gasteiger partial charge in [0.2, 0.25) is 0 Å². The van der Waals surface area contributed by atoms with Gasteiger partial charge in [-0.1, -0.05) is 13.8 Å². The van der Waals surface area contributed by atoms with E-state index in [-0.39, 0.29) is 6.04 Å². The summed E-state index contributed by atoms with van der Waals surface area (Å²) in [7, 11) is 2.05. The van der Waals surface area contributed by atoms with Crippen molar-refractivity contribution in [2.75, 3.05) is 30.4 Å². The van der Waals surface area contributed by atoms with Crippen LogP contribution in [0, 0.1) is 12.8 Å². The fourth-order valence-corrected chi connectivity index (χ4v) is 1.77. The van der Waals surface area contributed by atoms with Crippen molar-refractivity contribution in [2.45, 2.75) is 33.7 Å². The molecule has 1 atom stereocenters. The molecule has 0 aliphatic heterocycles. The quantitative estimate of drug-likeness (QED) is 0.804. The molecule has 0 amide bonds. The summed E-state index contributed by atoms with van der Waals surface area (Å²) in [5, 5.41) is 3.28. The number of hydrogen-bond acceptors (Lipinski definition) is 5. The predicted molar refractivity (Wildman–Crippen MR) is 77.0 cm³/mol. The van der Waals surface area contributed by atoms with Gasteiger partial charge >= 0.3 is 0 Å². The van der Waals surface area contributed by atoms with Crippen LogP contribution in [-0.2, 0) is 0 Å². The number of nitrogens with two attached hydrogens (primary N) is 1. The molecule has 5 nitrogen and oxygen atoms in total. The highest BCUT2D eigenvalue weighted by Gasteiger charge is 2.09. The second-order valence-electron chi connectivity index (χ2n) is 5.21. The van der Waals surface area contributed by atoms with Gasteiger partial charge in [-0.25, -0.2) is 9.97 Å². The van der Waals surface area contributed by atoms with E-state index in [0.717, 1.165) is 24.0 Å². The van der Waals surface area contributed by atoms with Gasteiger partial charge in [0.15, 0.2) is 0 Å². The first-order valence-electron chi connectivity index (χ1n) is 6.45. The maximum atomic E-state index is 5.61. The van der Waals surface area contributed by atoms with Crippen LogP contribution in [-0.4, -0.2) is 36.1 Å². The fourth-order valence-electron chi connectivity index (χ4n) is 1.77. The molecule has 0 aliphatic carbocycles. The van der Waals surface area contributed by atoms with E-state index in [2.05, 4.69) is 41.1 Å². The molecule has 5 heteroatoms. The van der Waals surface area contributed by atoms with Crippen LogP contribution in [0.15, 0.2) is 6.07 Å². The minimum atomic E-state index is 0.211. The van der Waals surface area contributed by atoms with Gasteiger partial charge in [0, 0.05) is 32.2 Å². The number of aromatic nitrogens is 2. The van der Waals surface area contributed by atoms with Crippen LogP contribution in [0.2, 0.25) is 0 Å². The largest absolute Gasteiger partial charge is 0.366 e. The van der Waals surface area contributed by atoms with Gasteiger partial charge in [0.25, 0.3) is 0 Å². The third-order valence-corrected chi connectivity index (χ3v) is 2.60. The first kappa shape index (κ1) is 14.7. The van der Waals surface area contributed by atoms with E-state index in [0.29, 0.717) is 12.5 Å². The topological polar surface area (TPSA) is 67.1 Å². The van der Waals surface area contributed by atoms with E-state index in [1.807, 2.05) is 19.9 Å². The zero-order valence-corrected chi connectivity index (χ0v) is 12.1. The Labute approximate surface area is 110 Å². The molecule has 3 N–H and O–H groups in total. The van der Waals surface area contributed by atoms with Gasteiger partial charge < -0.3 is 16.0 Å². The zero-order valence-electron chi connectivity index (χ0n) is 12.1. The third-order valence-electron chi connectivity index (χ3n) is 2.60.